The topological polar surface area (TPSA) is 73.1 Å². The molecule has 2 aromatic heterocycles. The summed E-state index contributed by atoms with van der Waals surface area (Å²) in [5.41, 5.74) is 0. The molecule has 7 nitrogen and oxygen atoms in total. The van der Waals surface area contributed by atoms with Crippen LogP contribution >= 0.6 is 0 Å². The van der Waals surface area contributed by atoms with Gasteiger partial charge >= 0.3 is 0 Å². The molecule has 3 rings (SSSR count). The van der Waals surface area contributed by atoms with Gasteiger partial charge in [0.05, 0.1) is 6.54 Å². The smallest absolute Gasteiger partial charge is 0.244 e. The van der Waals surface area contributed by atoms with Crippen LogP contribution in [-0.4, -0.2) is 49.7 Å². The fraction of sp³-hybridized carbons (Fsp3) is 0.429. The van der Waals surface area contributed by atoms with Crippen molar-refractivity contribution >= 4 is 5.91 Å². The first-order chi connectivity index (χ1) is 10.3. The van der Waals surface area contributed by atoms with Crippen molar-refractivity contribution in [1.29, 1.82) is 0 Å². The second-order valence-corrected chi connectivity index (χ2v) is 4.97. The Bertz CT molecular complexity index is 572. The predicted molar refractivity (Wildman–Crippen MR) is 74.5 cm³/mol. The van der Waals surface area contributed by atoms with Crippen LogP contribution in [0.25, 0.3) is 0 Å². The maximum absolute atomic E-state index is 12.2. The van der Waals surface area contributed by atoms with E-state index in [1.54, 1.807) is 29.3 Å². The Hall–Kier alpha value is -2.44. The molecule has 0 spiro atoms. The Morgan fingerprint density at radius 1 is 1.43 bits per heavy atom. The van der Waals surface area contributed by atoms with Crippen LogP contribution in [0.5, 0.6) is 5.88 Å². The summed E-state index contributed by atoms with van der Waals surface area (Å²) in [4.78, 5) is 22.0. The van der Waals surface area contributed by atoms with Crippen LogP contribution in [0.4, 0.5) is 0 Å². The maximum atomic E-state index is 12.2. The minimum absolute atomic E-state index is 0.0183. The molecule has 1 aliphatic rings. The van der Waals surface area contributed by atoms with Crippen LogP contribution in [0.2, 0.25) is 0 Å². The van der Waals surface area contributed by atoms with E-state index in [1.807, 2.05) is 11.0 Å². The summed E-state index contributed by atoms with van der Waals surface area (Å²) in [6, 6.07) is 3.54. The quantitative estimate of drug-likeness (QED) is 0.829. The molecule has 1 aliphatic heterocycles. The molecule has 1 amide bonds. The van der Waals surface area contributed by atoms with Gasteiger partial charge in [-0.2, -0.15) is 5.10 Å². The first-order valence-electron chi connectivity index (χ1n) is 6.99. The van der Waals surface area contributed by atoms with Crippen LogP contribution < -0.4 is 4.74 Å². The van der Waals surface area contributed by atoms with Crippen molar-refractivity contribution in [2.24, 2.45) is 0 Å². The molecule has 1 unspecified atom stereocenters. The number of aromatic nitrogens is 4. The summed E-state index contributed by atoms with van der Waals surface area (Å²) < 4.78 is 7.44. The highest BCUT2D eigenvalue weighted by Gasteiger charge is 2.25. The van der Waals surface area contributed by atoms with Gasteiger partial charge in [-0.1, -0.05) is 0 Å². The summed E-state index contributed by atoms with van der Waals surface area (Å²) in [7, 11) is 0. The van der Waals surface area contributed by atoms with E-state index in [0.717, 1.165) is 19.4 Å². The molecule has 3 heterocycles. The summed E-state index contributed by atoms with van der Waals surface area (Å²) in [5.74, 6) is 0.617. The molecular weight excluding hydrogens is 270 g/mol. The molecule has 0 bridgehead atoms. The third kappa shape index (κ3) is 3.56. The van der Waals surface area contributed by atoms with Crippen LogP contribution in [0, 0.1) is 0 Å². The second-order valence-electron chi connectivity index (χ2n) is 4.97. The number of likely N-dealkylation sites (tertiary alicyclic amines) is 1. The molecule has 110 valence electrons. The standard InChI is InChI=1S/C14H17N5O2/c20-14(10-19-8-2-5-17-19)18-7-1-3-12(9-18)21-13-4-6-15-11-16-13/h2,4-6,8,11-12H,1,3,7,9-10H2. The Kier molecular flexibility index (Phi) is 4.09. The van der Waals surface area contributed by atoms with Crippen molar-refractivity contribution in [2.45, 2.75) is 25.5 Å². The van der Waals surface area contributed by atoms with E-state index in [9.17, 15) is 4.79 Å². The van der Waals surface area contributed by atoms with Gasteiger partial charge in [0.2, 0.25) is 11.8 Å². The average Bonchev–Trinajstić information content (AvgIpc) is 3.01. The molecule has 0 aliphatic carbocycles. The van der Waals surface area contributed by atoms with Crippen molar-refractivity contribution < 1.29 is 9.53 Å². The van der Waals surface area contributed by atoms with Crippen LogP contribution in [0.1, 0.15) is 12.8 Å². The molecule has 7 heteroatoms. The van der Waals surface area contributed by atoms with Gasteiger partial charge in [0, 0.05) is 31.2 Å². The number of nitrogens with zero attached hydrogens (tertiary/aromatic N) is 5. The summed E-state index contributed by atoms with van der Waals surface area (Å²) in [6.07, 6.45) is 8.40. The number of ether oxygens (including phenoxy) is 1. The lowest BCUT2D eigenvalue weighted by atomic mass is 10.1. The summed E-state index contributed by atoms with van der Waals surface area (Å²) in [6.45, 7) is 1.63. The highest BCUT2D eigenvalue weighted by atomic mass is 16.5. The number of rotatable bonds is 4. The van der Waals surface area contributed by atoms with E-state index in [-0.39, 0.29) is 18.6 Å². The molecule has 1 atom stereocenters. The van der Waals surface area contributed by atoms with Gasteiger partial charge in [-0.3, -0.25) is 9.48 Å². The third-order valence-corrected chi connectivity index (χ3v) is 3.43. The van der Waals surface area contributed by atoms with Crippen LogP contribution in [0.3, 0.4) is 0 Å². The molecule has 21 heavy (non-hydrogen) atoms. The Morgan fingerprint density at radius 2 is 2.38 bits per heavy atom. The van der Waals surface area contributed by atoms with Gasteiger partial charge in [-0.25, -0.2) is 9.97 Å². The lowest BCUT2D eigenvalue weighted by Crippen LogP contribution is -2.45. The monoisotopic (exact) mass is 287 g/mol. The Morgan fingerprint density at radius 3 is 3.14 bits per heavy atom. The number of carbonyl (C=O) groups is 1. The normalized spacial score (nSPS) is 18.5. The van der Waals surface area contributed by atoms with Crippen molar-refractivity contribution in [1.82, 2.24) is 24.6 Å². The van der Waals surface area contributed by atoms with Gasteiger partial charge in [0.1, 0.15) is 19.0 Å². The van der Waals surface area contributed by atoms with Crippen LogP contribution in [0.15, 0.2) is 37.1 Å². The molecule has 0 aromatic carbocycles. The lowest BCUT2D eigenvalue weighted by molar-refractivity contribution is -0.134. The molecular formula is C14H17N5O2. The molecule has 0 saturated carbocycles. The van der Waals surface area contributed by atoms with Crippen molar-refractivity contribution in [3.05, 3.63) is 37.1 Å². The maximum Gasteiger partial charge on any atom is 0.244 e. The van der Waals surface area contributed by atoms with E-state index in [0.29, 0.717) is 12.4 Å². The van der Waals surface area contributed by atoms with E-state index in [2.05, 4.69) is 15.1 Å². The Labute approximate surface area is 122 Å². The van der Waals surface area contributed by atoms with Gasteiger partial charge in [0.25, 0.3) is 0 Å². The third-order valence-electron chi connectivity index (χ3n) is 3.43. The molecule has 1 saturated heterocycles. The van der Waals surface area contributed by atoms with Crippen molar-refractivity contribution in [3.8, 4) is 5.88 Å². The van der Waals surface area contributed by atoms with Crippen molar-refractivity contribution in [2.75, 3.05) is 13.1 Å². The molecule has 1 fully saturated rings. The molecule has 0 N–H and O–H groups in total. The van der Waals surface area contributed by atoms with E-state index < -0.39 is 0 Å². The summed E-state index contributed by atoms with van der Waals surface area (Å²) >= 11 is 0. The fourth-order valence-electron chi connectivity index (χ4n) is 2.41. The zero-order valence-corrected chi connectivity index (χ0v) is 11.6. The number of carbonyl (C=O) groups excluding carboxylic acids is 1. The number of hydrogen-bond donors (Lipinski definition) is 0. The van der Waals surface area contributed by atoms with E-state index >= 15 is 0 Å². The molecule has 2 aromatic rings. The minimum Gasteiger partial charge on any atom is -0.472 e. The predicted octanol–water partition coefficient (Wildman–Crippen LogP) is 0.743. The van der Waals surface area contributed by atoms with Gasteiger partial charge in [-0.15, -0.1) is 0 Å². The average molecular weight is 287 g/mol. The van der Waals surface area contributed by atoms with Gasteiger partial charge < -0.3 is 9.64 Å². The van der Waals surface area contributed by atoms with Gasteiger partial charge in [0.15, 0.2) is 0 Å². The number of piperidine rings is 1. The highest BCUT2D eigenvalue weighted by Crippen LogP contribution is 2.16. The van der Waals surface area contributed by atoms with Gasteiger partial charge in [-0.05, 0) is 18.9 Å². The Balaban J connectivity index is 1.56. The molecule has 0 radical (unpaired) electrons. The van der Waals surface area contributed by atoms with Crippen LogP contribution in [-0.2, 0) is 11.3 Å². The lowest BCUT2D eigenvalue weighted by Gasteiger charge is -2.32. The van der Waals surface area contributed by atoms with E-state index in [1.165, 1.54) is 6.33 Å². The fourth-order valence-corrected chi connectivity index (χ4v) is 2.41. The zero-order valence-electron chi connectivity index (χ0n) is 11.6. The minimum atomic E-state index is -0.0183. The number of amides is 1. The SMILES string of the molecule is O=C(Cn1cccn1)N1CCCC(Oc2ccncn2)C1. The first-order valence-corrected chi connectivity index (χ1v) is 6.99. The second kappa shape index (κ2) is 6.34. The largest absolute Gasteiger partial charge is 0.472 e. The summed E-state index contributed by atoms with van der Waals surface area (Å²) in [5, 5.41) is 4.06. The number of hydrogen-bond acceptors (Lipinski definition) is 5. The van der Waals surface area contributed by atoms with Crippen molar-refractivity contribution in [3.63, 3.8) is 0 Å². The van der Waals surface area contributed by atoms with E-state index in [4.69, 9.17) is 4.74 Å². The first kappa shape index (κ1) is 13.5. The zero-order chi connectivity index (χ0) is 14.5. The highest BCUT2D eigenvalue weighted by molar-refractivity contribution is 5.76.